The summed E-state index contributed by atoms with van der Waals surface area (Å²) in [4.78, 5) is 25.0. The molecule has 0 saturated carbocycles. The summed E-state index contributed by atoms with van der Waals surface area (Å²) >= 11 is 12.9. The van der Waals surface area contributed by atoms with Crippen LogP contribution in [-0.2, 0) is 22.6 Å². The summed E-state index contributed by atoms with van der Waals surface area (Å²) < 4.78 is 0. The maximum absolute atomic E-state index is 12.5. The van der Waals surface area contributed by atoms with Crippen molar-refractivity contribution in [1.29, 1.82) is 0 Å². The summed E-state index contributed by atoms with van der Waals surface area (Å²) in [6.07, 6.45) is 1.66. The van der Waals surface area contributed by atoms with Gasteiger partial charge in [0, 0.05) is 16.4 Å². The Morgan fingerprint density at radius 2 is 2.00 bits per heavy atom. The number of halogens is 2. The first-order valence-corrected chi connectivity index (χ1v) is 9.30. The molecule has 0 spiro atoms. The average Bonchev–Trinajstić information content (AvgIpc) is 3.13. The summed E-state index contributed by atoms with van der Waals surface area (Å²) in [5, 5.41) is 7.15. The summed E-state index contributed by atoms with van der Waals surface area (Å²) in [6, 6.07) is 9.30. The second kappa shape index (κ2) is 7.55. The van der Waals surface area contributed by atoms with E-state index in [9.17, 15) is 9.59 Å². The van der Waals surface area contributed by atoms with E-state index >= 15 is 0 Å². The van der Waals surface area contributed by atoms with E-state index in [4.69, 9.17) is 23.2 Å². The van der Waals surface area contributed by atoms with Gasteiger partial charge in [0.2, 0.25) is 11.8 Å². The van der Waals surface area contributed by atoms with Gasteiger partial charge in [-0.15, -0.1) is 22.9 Å². The third-order valence-electron chi connectivity index (χ3n) is 3.96. The molecule has 1 aromatic carbocycles. The van der Waals surface area contributed by atoms with Crippen LogP contribution in [0, 0.1) is 0 Å². The number of anilines is 1. The van der Waals surface area contributed by atoms with Crippen molar-refractivity contribution in [2.75, 3.05) is 11.2 Å². The fraction of sp³-hybridized carbons (Fsp3) is 0.294. The van der Waals surface area contributed by atoms with Crippen LogP contribution in [-0.4, -0.2) is 17.7 Å². The zero-order chi connectivity index (χ0) is 17.1. The van der Waals surface area contributed by atoms with Crippen molar-refractivity contribution < 1.29 is 9.59 Å². The molecule has 24 heavy (non-hydrogen) atoms. The number of amides is 2. The standard InChI is InChI=1S/C17H16Cl2N2O2S/c18-8-15(22)21-16-7-13-12(5-6-14(13)24-16)17(23)20-9-10-1-3-11(19)4-2-10/h1-4,7,12H,5-6,8-9H2,(H,20,23)(H,21,22). The minimum Gasteiger partial charge on any atom is -0.351 e. The first kappa shape index (κ1) is 17.3. The van der Waals surface area contributed by atoms with Gasteiger partial charge < -0.3 is 10.6 Å². The lowest BCUT2D eigenvalue weighted by molar-refractivity contribution is -0.122. The van der Waals surface area contributed by atoms with Gasteiger partial charge in [0.15, 0.2) is 0 Å². The fourth-order valence-corrected chi connectivity index (χ4v) is 4.13. The molecule has 1 aliphatic carbocycles. The molecule has 1 unspecified atom stereocenters. The maximum atomic E-state index is 12.5. The zero-order valence-electron chi connectivity index (χ0n) is 12.8. The number of thiophene rings is 1. The Bertz CT molecular complexity index is 758. The Morgan fingerprint density at radius 3 is 2.71 bits per heavy atom. The molecule has 126 valence electrons. The summed E-state index contributed by atoms with van der Waals surface area (Å²) in [5.74, 6) is -0.463. The molecule has 3 rings (SSSR count). The van der Waals surface area contributed by atoms with Gasteiger partial charge in [-0.05, 0) is 42.2 Å². The van der Waals surface area contributed by atoms with E-state index in [0.717, 1.165) is 33.8 Å². The monoisotopic (exact) mass is 382 g/mol. The molecule has 4 nitrogen and oxygen atoms in total. The normalized spacial score (nSPS) is 15.8. The van der Waals surface area contributed by atoms with Crippen molar-refractivity contribution in [3.63, 3.8) is 0 Å². The van der Waals surface area contributed by atoms with Crippen LogP contribution in [0.25, 0.3) is 0 Å². The summed E-state index contributed by atoms with van der Waals surface area (Å²) in [5.41, 5.74) is 2.02. The average molecular weight is 383 g/mol. The first-order valence-electron chi connectivity index (χ1n) is 7.57. The second-order valence-electron chi connectivity index (χ2n) is 5.61. The van der Waals surface area contributed by atoms with Gasteiger partial charge in [0.1, 0.15) is 5.88 Å². The van der Waals surface area contributed by atoms with Gasteiger partial charge in [-0.25, -0.2) is 0 Å². The van der Waals surface area contributed by atoms with Crippen LogP contribution in [0.1, 0.15) is 28.3 Å². The lowest BCUT2D eigenvalue weighted by Crippen LogP contribution is -2.27. The molecule has 2 N–H and O–H groups in total. The largest absolute Gasteiger partial charge is 0.351 e. The van der Waals surface area contributed by atoms with E-state index in [-0.39, 0.29) is 23.6 Å². The van der Waals surface area contributed by atoms with Crippen molar-refractivity contribution in [2.45, 2.75) is 25.3 Å². The molecule has 1 heterocycles. The molecule has 0 aliphatic heterocycles. The first-order chi connectivity index (χ1) is 11.6. The molecule has 0 fully saturated rings. The van der Waals surface area contributed by atoms with Crippen LogP contribution in [0.4, 0.5) is 5.00 Å². The highest BCUT2D eigenvalue weighted by Crippen LogP contribution is 2.41. The van der Waals surface area contributed by atoms with E-state index < -0.39 is 0 Å². The number of carbonyl (C=O) groups excluding carboxylic acids is 2. The van der Waals surface area contributed by atoms with Gasteiger partial charge in [0.25, 0.3) is 0 Å². The Labute approximate surface area is 154 Å². The third kappa shape index (κ3) is 3.91. The smallest absolute Gasteiger partial charge is 0.239 e. The topological polar surface area (TPSA) is 58.2 Å². The third-order valence-corrected chi connectivity index (χ3v) is 5.58. The molecule has 2 aromatic rings. The van der Waals surface area contributed by atoms with Crippen LogP contribution in [0.3, 0.4) is 0 Å². The van der Waals surface area contributed by atoms with E-state index in [1.54, 1.807) is 12.1 Å². The van der Waals surface area contributed by atoms with Crippen molar-refractivity contribution in [2.24, 2.45) is 0 Å². The highest BCUT2D eigenvalue weighted by Gasteiger charge is 2.30. The molecule has 2 amide bonds. The van der Waals surface area contributed by atoms with Crippen molar-refractivity contribution in [1.82, 2.24) is 5.32 Å². The van der Waals surface area contributed by atoms with Crippen molar-refractivity contribution in [3.05, 3.63) is 51.4 Å². The predicted octanol–water partition coefficient (Wildman–Crippen LogP) is 3.93. The second-order valence-corrected chi connectivity index (χ2v) is 7.45. The zero-order valence-corrected chi connectivity index (χ0v) is 15.1. The number of nitrogens with one attached hydrogen (secondary N) is 2. The number of hydrogen-bond donors (Lipinski definition) is 2. The Balaban J connectivity index is 1.63. The molecule has 1 aromatic heterocycles. The molecule has 0 bridgehead atoms. The van der Waals surface area contributed by atoms with Gasteiger partial charge in [0.05, 0.1) is 10.9 Å². The number of benzene rings is 1. The van der Waals surface area contributed by atoms with Gasteiger partial charge in [-0.1, -0.05) is 23.7 Å². The molecular formula is C17H16Cl2N2O2S. The number of carbonyl (C=O) groups is 2. The van der Waals surface area contributed by atoms with E-state index in [2.05, 4.69) is 10.6 Å². The summed E-state index contributed by atoms with van der Waals surface area (Å²) in [6.45, 7) is 0.474. The highest BCUT2D eigenvalue weighted by atomic mass is 35.5. The molecule has 0 radical (unpaired) electrons. The molecular weight excluding hydrogens is 367 g/mol. The predicted molar refractivity (Wildman–Crippen MR) is 98.0 cm³/mol. The molecule has 1 aliphatic rings. The maximum Gasteiger partial charge on any atom is 0.239 e. The van der Waals surface area contributed by atoms with Gasteiger partial charge >= 0.3 is 0 Å². The Hall–Kier alpha value is -1.56. The Kier molecular flexibility index (Phi) is 5.43. The van der Waals surface area contributed by atoms with E-state index in [1.165, 1.54) is 11.3 Å². The number of alkyl halides is 1. The van der Waals surface area contributed by atoms with Gasteiger partial charge in [-0.2, -0.15) is 0 Å². The van der Waals surface area contributed by atoms with E-state index in [0.29, 0.717) is 11.6 Å². The quantitative estimate of drug-likeness (QED) is 0.769. The van der Waals surface area contributed by atoms with Gasteiger partial charge in [-0.3, -0.25) is 9.59 Å². The fourth-order valence-electron chi connectivity index (χ4n) is 2.78. The van der Waals surface area contributed by atoms with Crippen LogP contribution in [0.15, 0.2) is 30.3 Å². The number of hydrogen-bond acceptors (Lipinski definition) is 3. The summed E-state index contributed by atoms with van der Waals surface area (Å²) in [7, 11) is 0. The van der Waals surface area contributed by atoms with Crippen LogP contribution in [0.2, 0.25) is 5.02 Å². The molecule has 1 atom stereocenters. The minimum absolute atomic E-state index is 0.0109. The number of aryl methyl sites for hydroxylation is 1. The van der Waals surface area contributed by atoms with Crippen LogP contribution in [0.5, 0.6) is 0 Å². The Morgan fingerprint density at radius 1 is 1.25 bits per heavy atom. The lowest BCUT2D eigenvalue weighted by Gasteiger charge is -2.11. The molecule has 0 saturated heterocycles. The minimum atomic E-state index is -0.236. The number of rotatable bonds is 5. The highest BCUT2D eigenvalue weighted by molar-refractivity contribution is 7.16. The SMILES string of the molecule is O=C(CCl)Nc1cc2c(s1)CCC2C(=O)NCc1ccc(Cl)cc1. The van der Waals surface area contributed by atoms with Crippen LogP contribution >= 0.6 is 34.5 Å². The van der Waals surface area contributed by atoms with Crippen LogP contribution < -0.4 is 10.6 Å². The van der Waals surface area contributed by atoms with Crippen molar-refractivity contribution in [3.8, 4) is 0 Å². The van der Waals surface area contributed by atoms with Crippen molar-refractivity contribution >= 4 is 51.4 Å². The molecule has 7 heteroatoms. The van der Waals surface area contributed by atoms with E-state index in [1.807, 2.05) is 18.2 Å². The lowest BCUT2D eigenvalue weighted by atomic mass is 10.0. The number of fused-ring (bicyclic) bond motifs is 1.